The molecule has 1 aliphatic rings. The Bertz CT molecular complexity index is 386. The first kappa shape index (κ1) is 13.5. The zero-order valence-electron chi connectivity index (χ0n) is 11.1. The molecule has 1 atom stereocenters. The van der Waals surface area contributed by atoms with Gasteiger partial charge in [0.25, 0.3) is 0 Å². The molecule has 0 amide bonds. The number of benzene rings is 1. The minimum atomic E-state index is 0.398. The van der Waals surface area contributed by atoms with Crippen molar-refractivity contribution in [1.82, 2.24) is 0 Å². The number of alkyl halides is 1. The fourth-order valence-electron chi connectivity index (χ4n) is 2.95. The number of methoxy groups -OCH3 is 2. The summed E-state index contributed by atoms with van der Waals surface area (Å²) >= 11 is 6.20. The van der Waals surface area contributed by atoms with Crippen molar-refractivity contribution in [3.63, 3.8) is 0 Å². The highest BCUT2D eigenvalue weighted by molar-refractivity contribution is 6.18. The number of hydrogen-bond donors (Lipinski definition) is 0. The van der Waals surface area contributed by atoms with E-state index >= 15 is 0 Å². The molecule has 100 valence electrons. The second-order valence-corrected chi connectivity index (χ2v) is 5.22. The second kappa shape index (κ2) is 6.33. The lowest BCUT2D eigenvalue weighted by Gasteiger charge is -2.23. The highest BCUT2D eigenvalue weighted by Gasteiger charge is 2.27. The summed E-state index contributed by atoms with van der Waals surface area (Å²) in [5.74, 6) is 3.48. The molecule has 0 radical (unpaired) electrons. The maximum Gasteiger partial charge on any atom is 0.126 e. The Morgan fingerprint density at radius 1 is 1.22 bits per heavy atom. The van der Waals surface area contributed by atoms with Crippen LogP contribution in [0.5, 0.6) is 11.5 Å². The Balaban J connectivity index is 2.28. The average molecular weight is 269 g/mol. The topological polar surface area (TPSA) is 18.5 Å². The van der Waals surface area contributed by atoms with Gasteiger partial charge in [0.1, 0.15) is 11.5 Å². The summed E-state index contributed by atoms with van der Waals surface area (Å²) in [5.41, 5.74) is 1.22. The lowest BCUT2D eigenvalue weighted by molar-refractivity contribution is 0.379. The van der Waals surface area contributed by atoms with Gasteiger partial charge in [0.15, 0.2) is 0 Å². The first-order valence-corrected chi connectivity index (χ1v) is 7.11. The summed E-state index contributed by atoms with van der Waals surface area (Å²) in [6, 6.07) is 6.04. The van der Waals surface area contributed by atoms with Gasteiger partial charge in [-0.1, -0.05) is 18.9 Å². The Morgan fingerprint density at radius 3 is 2.50 bits per heavy atom. The van der Waals surface area contributed by atoms with Crippen molar-refractivity contribution in [3.05, 3.63) is 23.8 Å². The molecule has 3 heteroatoms. The zero-order valence-corrected chi connectivity index (χ0v) is 11.9. The highest BCUT2D eigenvalue weighted by Crippen LogP contribution is 2.42. The van der Waals surface area contributed by atoms with Gasteiger partial charge in [-0.2, -0.15) is 0 Å². The fraction of sp³-hybridized carbons (Fsp3) is 0.600. The predicted octanol–water partition coefficient (Wildman–Crippen LogP) is 4.22. The van der Waals surface area contributed by atoms with Gasteiger partial charge in [-0.05, 0) is 30.4 Å². The molecule has 18 heavy (non-hydrogen) atoms. The number of hydrogen-bond acceptors (Lipinski definition) is 2. The van der Waals surface area contributed by atoms with Gasteiger partial charge < -0.3 is 9.47 Å². The molecule has 1 saturated carbocycles. The summed E-state index contributed by atoms with van der Waals surface area (Å²) < 4.78 is 10.7. The summed E-state index contributed by atoms with van der Waals surface area (Å²) in [7, 11) is 3.38. The van der Waals surface area contributed by atoms with Crippen LogP contribution < -0.4 is 9.47 Å². The third-order valence-corrected chi connectivity index (χ3v) is 4.31. The molecule has 2 nitrogen and oxygen atoms in total. The third-order valence-electron chi connectivity index (χ3n) is 3.98. The van der Waals surface area contributed by atoms with E-state index in [9.17, 15) is 0 Å². The molecule has 0 spiro atoms. The molecule has 2 rings (SSSR count). The van der Waals surface area contributed by atoms with E-state index in [1.54, 1.807) is 14.2 Å². The van der Waals surface area contributed by atoms with Gasteiger partial charge in [0, 0.05) is 17.9 Å². The van der Waals surface area contributed by atoms with Crippen molar-refractivity contribution in [1.29, 1.82) is 0 Å². The van der Waals surface area contributed by atoms with E-state index in [4.69, 9.17) is 21.1 Å². The van der Waals surface area contributed by atoms with E-state index in [1.807, 2.05) is 12.1 Å². The largest absolute Gasteiger partial charge is 0.497 e. The maximum atomic E-state index is 6.20. The van der Waals surface area contributed by atoms with Crippen molar-refractivity contribution in [2.24, 2.45) is 5.92 Å². The number of halogens is 1. The Hall–Kier alpha value is -0.890. The Kier molecular flexibility index (Phi) is 4.76. The van der Waals surface area contributed by atoms with Crippen LogP contribution in [0.25, 0.3) is 0 Å². The minimum Gasteiger partial charge on any atom is -0.497 e. The fourth-order valence-corrected chi connectivity index (χ4v) is 3.37. The lowest BCUT2D eigenvalue weighted by Crippen LogP contribution is -2.12. The van der Waals surface area contributed by atoms with Crippen molar-refractivity contribution >= 4 is 11.6 Å². The molecule has 0 aromatic heterocycles. The quantitative estimate of drug-likeness (QED) is 0.745. The molecule has 1 aromatic rings. The van der Waals surface area contributed by atoms with Crippen LogP contribution in [0.4, 0.5) is 0 Å². The van der Waals surface area contributed by atoms with Crippen molar-refractivity contribution in [2.45, 2.75) is 31.6 Å². The monoisotopic (exact) mass is 268 g/mol. The third kappa shape index (κ3) is 2.74. The van der Waals surface area contributed by atoms with Crippen molar-refractivity contribution in [2.75, 3.05) is 20.1 Å². The molecule has 1 aromatic carbocycles. The maximum absolute atomic E-state index is 6.20. The summed E-state index contributed by atoms with van der Waals surface area (Å²) in [5, 5.41) is 0. The summed E-state index contributed by atoms with van der Waals surface area (Å²) in [4.78, 5) is 0. The first-order valence-electron chi connectivity index (χ1n) is 6.58. The first-order chi connectivity index (χ1) is 8.80. The highest BCUT2D eigenvalue weighted by atomic mass is 35.5. The molecule has 0 bridgehead atoms. The second-order valence-electron chi connectivity index (χ2n) is 4.91. The molecule has 1 fully saturated rings. The molecule has 0 heterocycles. The van der Waals surface area contributed by atoms with Gasteiger partial charge in [-0.3, -0.25) is 0 Å². The molecular weight excluding hydrogens is 248 g/mol. The molecular formula is C15H21ClO2. The van der Waals surface area contributed by atoms with Crippen molar-refractivity contribution < 1.29 is 9.47 Å². The van der Waals surface area contributed by atoms with Crippen LogP contribution in [-0.2, 0) is 0 Å². The smallest absolute Gasteiger partial charge is 0.126 e. The van der Waals surface area contributed by atoms with Gasteiger partial charge in [0.05, 0.1) is 14.2 Å². The molecule has 0 N–H and O–H groups in total. The van der Waals surface area contributed by atoms with Crippen LogP contribution in [0.1, 0.15) is 37.2 Å². The van der Waals surface area contributed by atoms with E-state index in [1.165, 1.54) is 31.2 Å². The van der Waals surface area contributed by atoms with Gasteiger partial charge in [0.2, 0.25) is 0 Å². The Morgan fingerprint density at radius 2 is 1.94 bits per heavy atom. The summed E-state index contributed by atoms with van der Waals surface area (Å²) in [6.07, 6.45) is 5.23. The van der Waals surface area contributed by atoms with Crippen LogP contribution in [0.3, 0.4) is 0 Å². The summed E-state index contributed by atoms with van der Waals surface area (Å²) in [6.45, 7) is 0. The van der Waals surface area contributed by atoms with E-state index in [0.29, 0.717) is 17.7 Å². The van der Waals surface area contributed by atoms with Crippen LogP contribution >= 0.6 is 11.6 Å². The number of rotatable bonds is 5. The normalized spacial score (nSPS) is 17.7. The number of ether oxygens (including phenoxy) is 2. The van der Waals surface area contributed by atoms with E-state index < -0.39 is 0 Å². The molecule has 0 saturated heterocycles. The van der Waals surface area contributed by atoms with Gasteiger partial charge in [-0.15, -0.1) is 11.6 Å². The van der Waals surface area contributed by atoms with Crippen LogP contribution in [0.15, 0.2) is 18.2 Å². The van der Waals surface area contributed by atoms with Gasteiger partial charge >= 0.3 is 0 Å². The Labute approximate surface area is 114 Å². The van der Waals surface area contributed by atoms with E-state index in [-0.39, 0.29) is 0 Å². The van der Waals surface area contributed by atoms with Crippen LogP contribution in [0.2, 0.25) is 0 Å². The predicted molar refractivity (Wildman–Crippen MR) is 75.0 cm³/mol. The molecule has 1 aliphatic carbocycles. The molecule has 1 unspecified atom stereocenters. The molecule has 0 aliphatic heterocycles. The van der Waals surface area contributed by atoms with E-state index in [0.717, 1.165) is 11.5 Å². The standard InChI is InChI=1S/C15H21ClO2/c1-17-12-7-8-13(15(9-12)18-2)14(10-16)11-5-3-4-6-11/h7-9,11,14H,3-6,10H2,1-2H3. The average Bonchev–Trinajstić information content (AvgIpc) is 2.94. The van der Waals surface area contributed by atoms with Gasteiger partial charge in [-0.25, -0.2) is 0 Å². The lowest BCUT2D eigenvalue weighted by atomic mass is 9.86. The van der Waals surface area contributed by atoms with Crippen LogP contribution in [0, 0.1) is 5.92 Å². The minimum absolute atomic E-state index is 0.398. The van der Waals surface area contributed by atoms with E-state index in [2.05, 4.69) is 6.07 Å². The SMILES string of the molecule is COc1ccc(C(CCl)C2CCCC2)c(OC)c1. The van der Waals surface area contributed by atoms with Crippen LogP contribution in [-0.4, -0.2) is 20.1 Å². The zero-order chi connectivity index (χ0) is 13.0. The van der Waals surface area contributed by atoms with Crippen molar-refractivity contribution in [3.8, 4) is 11.5 Å².